The maximum absolute atomic E-state index is 12.5. The van der Waals surface area contributed by atoms with Crippen molar-refractivity contribution in [3.63, 3.8) is 0 Å². The smallest absolute Gasteiger partial charge is 0.147 e. The Morgan fingerprint density at radius 1 is 0.506 bits per heavy atom. The molecule has 12 aliphatic rings. The number of alkyl halides is 1. The van der Waals surface area contributed by atoms with Crippen LogP contribution in [0.15, 0.2) is 0 Å². The van der Waals surface area contributed by atoms with E-state index in [4.69, 9.17) is 0 Å². The lowest BCUT2D eigenvalue weighted by Gasteiger charge is -2.57. The van der Waals surface area contributed by atoms with Crippen molar-refractivity contribution in [1.29, 1.82) is 0 Å². The lowest BCUT2D eigenvalue weighted by Crippen LogP contribution is -2.51. The summed E-state index contributed by atoms with van der Waals surface area (Å²) in [5.41, 5.74) is -0.286. The third kappa shape index (κ3) is 13.5. The summed E-state index contributed by atoms with van der Waals surface area (Å²) in [6.07, 6.45) is 33.0. The highest BCUT2D eigenvalue weighted by Crippen LogP contribution is 2.68. The summed E-state index contributed by atoms with van der Waals surface area (Å²) in [4.78, 5) is 24.6. The number of hydrogen-bond acceptors (Lipinski definition) is 8. The van der Waals surface area contributed by atoms with Crippen LogP contribution in [0.5, 0.6) is 0 Å². The number of thiocarbonyl (C=S) groups is 2. The number of Topliss-reactive ketones (excluding diaryl/α,β-unsaturated/α-hetero) is 2. The summed E-state index contributed by atoms with van der Waals surface area (Å²) >= 11 is 15.9. The van der Waals surface area contributed by atoms with Gasteiger partial charge in [-0.2, -0.15) is 0 Å². The van der Waals surface area contributed by atoms with E-state index in [0.717, 1.165) is 141 Å². The first kappa shape index (κ1) is 65.8. The molecule has 0 aromatic carbocycles. The largest absolute Gasteiger partial charge is 0.393 e. The van der Waals surface area contributed by atoms with Crippen LogP contribution in [0, 0.1) is 123 Å². The number of aliphatic hydroxyl groups is 4. The van der Waals surface area contributed by atoms with Crippen molar-refractivity contribution in [2.24, 2.45) is 123 Å². The Kier molecular flexibility index (Phi) is 22.3. The summed E-state index contributed by atoms with van der Waals surface area (Å²) in [5.74, 6) is 17.4. The fourth-order valence-electron chi connectivity index (χ4n) is 23.4. The van der Waals surface area contributed by atoms with Crippen molar-refractivity contribution in [3.8, 4) is 0 Å². The van der Waals surface area contributed by atoms with Gasteiger partial charge in [-0.15, -0.1) is 0 Å². The van der Waals surface area contributed by atoms with Gasteiger partial charge in [0.2, 0.25) is 0 Å². The number of hydrogen-bond donors (Lipinski definition) is 4. The second-order valence-electron chi connectivity index (χ2n) is 30.3. The third-order valence-corrected chi connectivity index (χ3v) is 26.9. The van der Waals surface area contributed by atoms with Gasteiger partial charge in [-0.1, -0.05) is 68.6 Å². The standard InChI is InChI=1S/C21H33BrO2.C21H36O2.C21H34O2.CI2S.CH2S.CH4/c1-20(24)9-7-14-13(11-20)3-4-16-15(14)8-10-21(2)17(16)5-6-18(21)19(23)12-22;2*1-13(22)18-6-7-19-17-5-4-14-12-20(2,23)10-8-15(14)16(17)9-11-21(18,19)3;2-1(3)4;1-2;/h13-18,24H,3-12H2,1-2H3;13-19,22-23H,4-12H2,1-3H3;14-19,23H,4-12H2,1-3H3;;1H2;1H4/t13-,14+,15-,16-,17+,18-,20-,21+;13?,14-,15+,16-,17-,18-,19+,20-,21-;14-,15+,16-,17-,18-,19+,20-,21-;;;/m111.../s1. The molecule has 0 heterocycles. The van der Waals surface area contributed by atoms with E-state index in [1.165, 1.54) is 122 Å². The van der Waals surface area contributed by atoms with Crippen LogP contribution in [-0.4, -0.2) is 67.0 Å². The van der Waals surface area contributed by atoms with E-state index in [-0.39, 0.29) is 18.9 Å². The van der Waals surface area contributed by atoms with Crippen molar-refractivity contribution < 1.29 is 30.0 Å². The molecule has 0 aromatic heterocycles. The first-order chi connectivity index (χ1) is 35.7. The molecule has 0 aliphatic heterocycles. The van der Waals surface area contributed by atoms with Crippen LogP contribution in [0.25, 0.3) is 0 Å². The van der Waals surface area contributed by atoms with Crippen molar-refractivity contribution >= 4 is 104 Å². The maximum atomic E-state index is 12.5. The third-order valence-electron chi connectivity index (χ3n) is 26.4. The van der Waals surface area contributed by atoms with E-state index >= 15 is 0 Å². The summed E-state index contributed by atoms with van der Waals surface area (Å²) in [5, 5.41) is 42.2. The first-order valence-electron chi connectivity index (χ1n) is 31.3. The molecule has 77 heavy (non-hydrogen) atoms. The minimum absolute atomic E-state index is 0. The predicted molar refractivity (Wildman–Crippen MR) is 347 cm³/mol. The van der Waals surface area contributed by atoms with Gasteiger partial charge >= 0.3 is 0 Å². The summed E-state index contributed by atoms with van der Waals surface area (Å²) in [6.45, 7) is 17.3. The number of ketones is 2. The second kappa shape index (κ2) is 26.1. The van der Waals surface area contributed by atoms with Gasteiger partial charge in [-0.05, 0) is 370 Å². The Hall–Kier alpha value is 1.30. The molecule has 12 fully saturated rings. The molecule has 11 heteroatoms. The van der Waals surface area contributed by atoms with Gasteiger partial charge < -0.3 is 20.4 Å². The van der Waals surface area contributed by atoms with E-state index in [1.807, 2.05) is 27.7 Å². The molecule has 4 N–H and O–H groups in total. The Bertz CT molecular complexity index is 2030. The van der Waals surface area contributed by atoms with Crippen LogP contribution in [-0.2, 0) is 9.59 Å². The molecule has 12 rings (SSSR count). The van der Waals surface area contributed by atoms with E-state index in [9.17, 15) is 30.0 Å². The zero-order chi connectivity index (χ0) is 55.5. The molecule has 1 unspecified atom stereocenters. The van der Waals surface area contributed by atoms with Gasteiger partial charge in [0, 0.05) is 11.8 Å². The highest BCUT2D eigenvalue weighted by Gasteiger charge is 2.62. The Morgan fingerprint density at radius 3 is 1.17 bits per heavy atom. The molecule has 12 aliphatic carbocycles. The van der Waals surface area contributed by atoms with Gasteiger partial charge in [0.1, 0.15) is 12.4 Å². The molecule has 0 amide bonds. The van der Waals surface area contributed by atoms with Crippen molar-refractivity contribution in [1.82, 2.24) is 0 Å². The van der Waals surface area contributed by atoms with Gasteiger partial charge in [-0.25, -0.2) is 0 Å². The second-order valence-corrected chi connectivity index (χ2v) is 36.9. The number of aliphatic hydroxyl groups excluding tert-OH is 1. The monoisotopic (exact) mass is 1390 g/mol. The van der Waals surface area contributed by atoms with Crippen LogP contribution < -0.4 is 0 Å². The van der Waals surface area contributed by atoms with Gasteiger partial charge in [0.25, 0.3) is 0 Å². The van der Waals surface area contributed by atoms with Crippen molar-refractivity contribution in [2.75, 3.05) is 5.33 Å². The molecule has 6 nitrogen and oxygen atoms in total. The number of halogens is 3. The van der Waals surface area contributed by atoms with Crippen LogP contribution in [0.1, 0.15) is 236 Å². The molecule has 442 valence electrons. The first-order valence-corrected chi connectivity index (χ1v) is 35.6. The molecule has 0 radical (unpaired) electrons. The molecule has 12 saturated carbocycles. The molecule has 0 saturated heterocycles. The molecule has 0 bridgehead atoms. The Balaban J connectivity index is 0.000000158. The zero-order valence-corrected chi connectivity index (χ0v) is 56.1. The van der Waals surface area contributed by atoms with Crippen LogP contribution >= 0.6 is 85.5 Å². The van der Waals surface area contributed by atoms with Gasteiger partial charge in [-0.3, -0.25) is 9.59 Å². The summed E-state index contributed by atoms with van der Waals surface area (Å²) < 4.78 is 0.940. The maximum Gasteiger partial charge on any atom is 0.147 e. The van der Waals surface area contributed by atoms with Crippen LogP contribution in [0.4, 0.5) is 0 Å². The average Bonchev–Trinajstić information content (AvgIpc) is 4.14. The lowest BCUT2D eigenvalue weighted by atomic mass is 9.49. The van der Waals surface area contributed by atoms with Crippen molar-refractivity contribution in [2.45, 2.75) is 259 Å². The van der Waals surface area contributed by atoms with Gasteiger partial charge in [0.15, 0.2) is 0 Å². The molecule has 25 atom stereocenters. The molecular weight excluding hydrogens is 1290 g/mol. The molecular formula is C66H109BrI2O6S2. The summed E-state index contributed by atoms with van der Waals surface area (Å²) in [7, 11) is 0. The molecule has 0 spiro atoms. The fraction of sp³-hybridized carbons (Fsp3) is 0.939. The minimum atomic E-state index is -0.419. The van der Waals surface area contributed by atoms with E-state index < -0.39 is 16.8 Å². The zero-order valence-electron chi connectivity index (χ0n) is 48.5. The van der Waals surface area contributed by atoms with E-state index in [1.54, 1.807) is 0 Å². The predicted octanol–water partition coefficient (Wildman–Crippen LogP) is 17.3. The highest BCUT2D eigenvalue weighted by molar-refractivity contribution is 14.2. The normalized spacial score (nSPS) is 50.9. The highest BCUT2D eigenvalue weighted by atomic mass is 127. The number of carbonyl (C=O) groups is 2. The fourth-order valence-corrected chi connectivity index (χ4v) is 23.8. The van der Waals surface area contributed by atoms with Crippen LogP contribution in [0.3, 0.4) is 0 Å². The Morgan fingerprint density at radius 2 is 0.818 bits per heavy atom. The SMILES string of the molecule is C.C=S.CC(=O)[C@H]1CC[C@H]2[C@@H]3CC[C@@H]4C[C@](C)(O)CC[C@@H]4[C@H]3CC[C@]12C.CC(O)[C@H]1CC[C@H]2[C@@H]3CC[C@@H]4C[C@](C)(O)CC[C@@H]4[C@H]3CC[C@]12C.C[C@@]1(O)CC[C@H]2[C@H](CC[C@@H]3[C@@H]2CC[C@]2(C)[C@@H](C(=O)CBr)CC[C@@H]32)C1.S=C(I)I. The topological polar surface area (TPSA) is 115 Å². The number of carbonyl (C=O) groups excluding carboxylic acids is 2. The quantitative estimate of drug-likeness (QED) is 0.0953. The lowest BCUT2D eigenvalue weighted by molar-refractivity contribution is -0.130. The van der Waals surface area contributed by atoms with Crippen molar-refractivity contribution in [3.05, 3.63) is 0 Å². The van der Waals surface area contributed by atoms with Crippen LogP contribution in [0.2, 0.25) is 0 Å². The van der Waals surface area contributed by atoms with E-state index in [2.05, 4.69) is 119 Å². The van der Waals surface area contributed by atoms with E-state index in [0.29, 0.717) is 45.5 Å². The molecule has 0 aromatic rings. The summed E-state index contributed by atoms with van der Waals surface area (Å²) in [6, 6.07) is 0. The Labute approximate surface area is 516 Å². The average molecular weight is 1400 g/mol. The minimum Gasteiger partial charge on any atom is -0.393 e. The number of rotatable bonds is 4. The van der Waals surface area contributed by atoms with Gasteiger partial charge in [0.05, 0.1) is 28.2 Å². The number of fused-ring (bicyclic) bond motifs is 15.